The van der Waals surface area contributed by atoms with Crippen molar-refractivity contribution in [1.29, 1.82) is 0 Å². The lowest BCUT2D eigenvalue weighted by molar-refractivity contribution is -0.143. The Morgan fingerprint density at radius 3 is 1.39 bits per heavy atom. The molecule has 0 saturated heterocycles. The van der Waals surface area contributed by atoms with E-state index in [0.29, 0.717) is 6.42 Å². The molecule has 12 heteroatoms. The summed E-state index contributed by atoms with van der Waals surface area (Å²) in [6, 6.07) is 8.16. The van der Waals surface area contributed by atoms with Crippen LogP contribution in [-0.2, 0) is 23.2 Å². The number of rotatable bonds is 16. The highest BCUT2D eigenvalue weighted by Gasteiger charge is 2.42. The molecule has 8 nitrogen and oxygen atoms in total. The zero-order valence-electron chi connectivity index (χ0n) is 32.8. The van der Waals surface area contributed by atoms with Crippen LogP contribution in [0.5, 0.6) is 0 Å². The largest absolute Gasteiger partial charge is 0.481 e. The number of aryl methyl sites for hydroxylation is 2. The standard InChI is InChI=1S/C19H33NO3SSi.C18H31NO3SSi/c1-14-9-10-17(20-12-14)24-13-15(2)16(11-18(21)22-6)23-25(7,8)19(3,4)5;1-13-8-9-16(19-11-13)23-12-14(2)15(10-17(20)21)22-24(6,7)18(3,4)5/h9-10,12,15-16H,11,13H2,1-8H3;8-9,11,14-15H,10,12H2,1-7H3,(H,20,21). The molecule has 0 spiro atoms. The summed E-state index contributed by atoms with van der Waals surface area (Å²) in [5, 5.41) is 11.4. The quantitative estimate of drug-likeness (QED) is 0.101. The fraction of sp³-hybridized carbons (Fsp3) is 0.676. The van der Waals surface area contributed by atoms with Gasteiger partial charge in [-0.3, -0.25) is 9.59 Å². The molecule has 278 valence electrons. The Labute approximate surface area is 307 Å². The molecule has 2 aromatic rings. The number of carboxylic acid groups (broad SMARTS) is 1. The van der Waals surface area contributed by atoms with Crippen LogP contribution in [0.1, 0.15) is 79.4 Å². The first-order valence-electron chi connectivity index (χ1n) is 17.1. The molecule has 4 unspecified atom stereocenters. The number of pyridine rings is 2. The van der Waals surface area contributed by atoms with Gasteiger partial charge in [-0.2, -0.15) is 0 Å². The maximum atomic E-state index is 11.9. The summed E-state index contributed by atoms with van der Waals surface area (Å²) in [6.07, 6.45) is 3.69. The van der Waals surface area contributed by atoms with Crippen LogP contribution >= 0.6 is 23.5 Å². The van der Waals surface area contributed by atoms with E-state index in [2.05, 4.69) is 97.6 Å². The molecule has 2 heterocycles. The van der Waals surface area contributed by atoms with Crippen LogP contribution in [0.3, 0.4) is 0 Å². The molecule has 49 heavy (non-hydrogen) atoms. The summed E-state index contributed by atoms with van der Waals surface area (Å²) < 4.78 is 17.8. The summed E-state index contributed by atoms with van der Waals surface area (Å²) in [5.41, 5.74) is 2.29. The Balaban J connectivity index is 0.000000490. The topological polar surface area (TPSA) is 108 Å². The first-order chi connectivity index (χ1) is 22.4. The van der Waals surface area contributed by atoms with Gasteiger partial charge in [0.05, 0.1) is 42.2 Å². The number of carbonyl (C=O) groups excluding carboxylic acids is 1. The Hall–Kier alpha value is -1.71. The third-order valence-corrected chi connectivity index (χ3v) is 21.0. The number of hydrogen-bond acceptors (Lipinski definition) is 9. The van der Waals surface area contributed by atoms with E-state index in [4.69, 9.17) is 13.6 Å². The van der Waals surface area contributed by atoms with Crippen LogP contribution in [0.25, 0.3) is 0 Å². The first kappa shape index (κ1) is 45.3. The summed E-state index contributed by atoms with van der Waals surface area (Å²) >= 11 is 3.36. The van der Waals surface area contributed by atoms with Crippen molar-refractivity contribution in [1.82, 2.24) is 9.97 Å². The third-order valence-electron chi connectivity index (χ3n) is 9.50. The average molecular weight is 753 g/mol. The second kappa shape index (κ2) is 19.8. The fourth-order valence-electron chi connectivity index (χ4n) is 3.98. The van der Waals surface area contributed by atoms with Crippen molar-refractivity contribution in [3.8, 4) is 0 Å². The Morgan fingerprint density at radius 2 is 1.10 bits per heavy atom. The van der Waals surface area contributed by atoms with Gasteiger partial charge in [-0.25, -0.2) is 9.97 Å². The molecule has 0 aromatic carbocycles. The number of esters is 1. The van der Waals surface area contributed by atoms with Gasteiger partial charge >= 0.3 is 11.9 Å². The predicted molar refractivity (Wildman–Crippen MR) is 211 cm³/mol. The number of hydrogen-bond donors (Lipinski definition) is 1. The SMILES string of the molecule is COC(=O)CC(O[Si](C)(C)C(C)(C)C)C(C)CSc1ccc(C)cn1.Cc1ccc(SCC(C)C(CC(=O)O)O[Si](C)(C)C(C)(C)C)nc1. The molecule has 0 aliphatic heterocycles. The lowest BCUT2D eigenvalue weighted by Crippen LogP contribution is -2.46. The average Bonchev–Trinajstić information content (AvgIpc) is 2.98. The molecule has 0 aliphatic carbocycles. The van der Waals surface area contributed by atoms with Crippen molar-refractivity contribution in [2.24, 2.45) is 11.8 Å². The summed E-state index contributed by atoms with van der Waals surface area (Å²) in [4.78, 5) is 32.0. The van der Waals surface area contributed by atoms with Gasteiger partial charge in [-0.05, 0) is 85.2 Å². The maximum Gasteiger partial charge on any atom is 0.308 e. The highest BCUT2D eigenvalue weighted by Crippen LogP contribution is 2.40. The number of carboxylic acids is 1. The van der Waals surface area contributed by atoms with Crippen molar-refractivity contribution in [2.75, 3.05) is 18.6 Å². The van der Waals surface area contributed by atoms with Crippen molar-refractivity contribution in [2.45, 2.75) is 141 Å². The molecular weight excluding hydrogens is 689 g/mol. The van der Waals surface area contributed by atoms with Crippen LogP contribution in [0.2, 0.25) is 36.3 Å². The van der Waals surface area contributed by atoms with Gasteiger partial charge in [0.1, 0.15) is 0 Å². The van der Waals surface area contributed by atoms with Crippen LogP contribution in [0.15, 0.2) is 46.7 Å². The molecule has 0 bridgehead atoms. The molecule has 0 saturated carbocycles. The number of aromatic nitrogens is 2. The molecule has 4 atom stereocenters. The van der Waals surface area contributed by atoms with Gasteiger partial charge in [0.15, 0.2) is 16.6 Å². The lowest BCUT2D eigenvalue weighted by Gasteiger charge is -2.40. The number of methoxy groups -OCH3 is 1. The van der Waals surface area contributed by atoms with E-state index in [0.717, 1.165) is 32.7 Å². The van der Waals surface area contributed by atoms with Gasteiger partial charge in [0.2, 0.25) is 0 Å². The first-order valence-corrected chi connectivity index (χ1v) is 24.9. The van der Waals surface area contributed by atoms with Crippen LogP contribution in [0, 0.1) is 25.7 Å². The van der Waals surface area contributed by atoms with Gasteiger partial charge < -0.3 is 18.7 Å². The van der Waals surface area contributed by atoms with Crippen LogP contribution < -0.4 is 0 Å². The second-order valence-corrected chi connectivity index (χ2v) is 27.7. The summed E-state index contributed by atoms with van der Waals surface area (Å²) in [7, 11) is -2.53. The molecular formula is C37H64N2O6S2Si2. The Morgan fingerprint density at radius 1 is 0.735 bits per heavy atom. The molecule has 0 radical (unpaired) electrons. The molecule has 0 aliphatic rings. The minimum atomic E-state index is -2.00. The van der Waals surface area contributed by atoms with Crippen molar-refractivity contribution in [3.05, 3.63) is 47.8 Å². The number of thioether (sulfide) groups is 2. The fourth-order valence-corrected chi connectivity index (χ4v) is 8.71. The van der Waals surface area contributed by atoms with E-state index in [1.807, 2.05) is 44.4 Å². The van der Waals surface area contributed by atoms with Gasteiger partial charge in [-0.15, -0.1) is 23.5 Å². The van der Waals surface area contributed by atoms with E-state index < -0.39 is 22.6 Å². The van der Waals surface area contributed by atoms with Crippen LogP contribution in [-0.4, -0.2) is 74.5 Å². The monoisotopic (exact) mass is 752 g/mol. The lowest BCUT2D eigenvalue weighted by atomic mass is 10.0. The Kier molecular flexibility index (Phi) is 18.3. The van der Waals surface area contributed by atoms with Gasteiger partial charge in [-0.1, -0.05) is 67.5 Å². The minimum absolute atomic E-state index is 0.0512. The normalized spacial score (nSPS) is 15.0. The van der Waals surface area contributed by atoms with E-state index >= 15 is 0 Å². The van der Waals surface area contributed by atoms with Crippen molar-refractivity contribution in [3.63, 3.8) is 0 Å². The summed E-state index contributed by atoms with van der Waals surface area (Å²) in [5.74, 6) is 0.998. The molecule has 2 aromatic heterocycles. The molecule has 0 amide bonds. The van der Waals surface area contributed by atoms with Gasteiger partial charge in [0.25, 0.3) is 0 Å². The molecule has 0 fully saturated rings. The number of nitrogens with zero attached hydrogens (tertiary/aromatic N) is 2. The van der Waals surface area contributed by atoms with E-state index in [9.17, 15) is 14.7 Å². The van der Waals surface area contributed by atoms with E-state index in [1.165, 1.54) is 7.11 Å². The Bertz CT molecular complexity index is 1300. The van der Waals surface area contributed by atoms with Crippen molar-refractivity contribution < 1.29 is 28.3 Å². The number of aliphatic carboxylic acids is 1. The van der Waals surface area contributed by atoms with Crippen molar-refractivity contribution >= 4 is 52.1 Å². The minimum Gasteiger partial charge on any atom is -0.481 e. The molecule has 1 N–H and O–H groups in total. The zero-order chi connectivity index (χ0) is 37.8. The summed E-state index contributed by atoms with van der Waals surface area (Å²) in [6.45, 7) is 30.2. The third kappa shape index (κ3) is 16.5. The predicted octanol–water partition coefficient (Wildman–Crippen LogP) is 10.1. The van der Waals surface area contributed by atoms with Gasteiger partial charge in [0, 0.05) is 23.9 Å². The second-order valence-electron chi connectivity index (χ2n) is 16.1. The number of ether oxygens (including phenoxy) is 1. The van der Waals surface area contributed by atoms with E-state index in [1.54, 1.807) is 23.5 Å². The highest BCUT2D eigenvalue weighted by molar-refractivity contribution is 7.99. The maximum absolute atomic E-state index is 11.9. The smallest absolute Gasteiger partial charge is 0.308 e. The zero-order valence-corrected chi connectivity index (χ0v) is 36.4. The number of carbonyl (C=O) groups is 2. The highest BCUT2D eigenvalue weighted by atomic mass is 32.2. The van der Waals surface area contributed by atoms with E-state index in [-0.39, 0.29) is 46.5 Å². The molecule has 2 rings (SSSR count). The van der Waals surface area contributed by atoms with Crippen LogP contribution in [0.4, 0.5) is 0 Å².